The van der Waals surface area contributed by atoms with Crippen molar-refractivity contribution >= 4 is 33.3 Å². The summed E-state index contributed by atoms with van der Waals surface area (Å²) in [4.78, 5) is 18.7. The normalized spacial score (nSPS) is 24.6. The Hall–Kier alpha value is -2.44. The van der Waals surface area contributed by atoms with E-state index in [-0.39, 0.29) is 6.61 Å². The van der Waals surface area contributed by atoms with Gasteiger partial charge in [-0.2, -0.15) is 4.98 Å². The zero-order valence-electron chi connectivity index (χ0n) is 19.2. The summed E-state index contributed by atoms with van der Waals surface area (Å²) in [7, 11) is 1.63. The molecule has 0 bridgehead atoms. The number of anilines is 2. The number of aromatic nitrogens is 4. The molecule has 2 saturated carbocycles. The highest BCUT2D eigenvalue weighted by atomic mass is 32.1. The fourth-order valence-electron chi connectivity index (χ4n) is 4.46. The van der Waals surface area contributed by atoms with Crippen LogP contribution < -0.4 is 10.6 Å². The van der Waals surface area contributed by atoms with Crippen LogP contribution >= 0.6 is 11.3 Å². The van der Waals surface area contributed by atoms with Crippen molar-refractivity contribution in [1.29, 1.82) is 0 Å². The van der Waals surface area contributed by atoms with Gasteiger partial charge in [-0.1, -0.05) is 0 Å². The zero-order valence-corrected chi connectivity index (χ0v) is 20.0. The first-order valence-corrected chi connectivity index (χ1v) is 12.4. The van der Waals surface area contributed by atoms with Crippen molar-refractivity contribution in [3.63, 3.8) is 0 Å². The maximum atomic E-state index is 10.6. The maximum Gasteiger partial charge on any atom is 0.224 e. The molecular weight excluding hydrogens is 456 g/mol. The van der Waals surface area contributed by atoms with E-state index >= 15 is 0 Å². The minimum atomic E-state index is -1.02. The minimum absolute atomic E-state index is 0.190. The van der Waals surface area contributed by atoms with Gasteiger partial charge in [0.2, 0.25) is 5.95 Å². The molecule has 3 heterocycles. The molecule has 0 aliphatic heterocycles. The van der Waals surface area contributed by atoms with Crippen molar-refractivity contribution in [2.75, 3.05) is 37.5 Å². The third kappa shape index (κ3) is 4.58. The summed E-state index contributed by atoms with van der Waals surface area (Å²) < 4.78 is 6.17. The molecule has 3 aromatic heterocycles. The van der Waals surface area contributed by atoms with Crippen LogP contribution in [-0.4, -0.2) is 80.4 Å². The molecule has 5 rings (SSSR count). The summed E-state index contributed by atoms with van der Waals surface area (Å²) in [6, 6.07) is 1.66. The van der Waals surface area contributed by atoms with E-state index in [2.05, 4.69) is 31.7 Å². The molecule has 182 valence electrons. The van der Waals surface area contributed by atoms with Crippen LogP contribution in [0.25, 0.3) is 20.8 Å². The van der Waals surface area contributed by atoms with Gasteiger partial charge in [0.25, 0.3) is 0 Å². The van der Waals surface area contributed by atoms with E-state index < -0.39 is 24.2 Å². The average Bonchev–Trinajstić information content (AvgIpc) is 3.54. The standard InChI is InChI=1S/C23H30N6O4S/c1-11-18(22-28-16-9-25-14(12-3-4-12)8-17(16)34-22)21(29-23(26-11)24-5-6-33-2)27-15-7-13(10-30)19(31)20(15)32/h8-9,12-13,15,19-20,30-32H,3-7,10H2,1-2H3,(H2,24,26,27,29). The second-order valence-electron chi connectivity index (χ2n) is 9.06. The molecule has 10 nitrogen and oxygen atoms in total. The maximum absolute atomic E-state index is 10.6. The molecule has 0 spiro atoms. The molecular formula is C23H30N6O4S. The average molecular weight is 487 g/mol. The Morgan fingerprint density at radius 1 is 1.18 bits per heavy atom. The highest BCUT2D eigenvalue weighted by molar-refractivity contribution is 7.21. The summed E-state index contributed by atoms with van der Waals surface area (Å²) in [5, 5.41) is 37.7. The molecule has 0 radical (unpaired) electrons. The van der Waals surface area contributed by atoms with E-state index in [1.807, 2.05) is 13.1 Å². The Labute approximate surface area is 201 Å². The highest BCUT2D eigenvalue weighted by Gasteiger charge is 2.41. The van der Waals surface area contributed by atoms with Crippen molar-refractivity contribution in [2.45, 2.75) is 50.4 Å². The van der Waals surface area contributed by atoms with Crippen molar-refractivity contribution in [2.24, 2.45) is 5.92 Å². The Morgan fingerprint density at radius 3 is 2.71 bits per heavy atom. The van der Waals surface area contributed by atoms with Crippen LogP contribution in [0.1, 0.15) is 36.6 Å². The molecule has 34 heavy (non-hydrogen) atoms. The van der Waals surface area contributed by atoms with Gasteiger partial charge in [-0.15, -0.1) is 11.3 Å². The molecule has 2 aliphatic carbocycles. The largest absolute Gasteiger partial charge is 0.396 e. The SMILES string of the molecule is COCCNc1nc(C)c(-c2nc3cnc(C4CC4)cc3s2)c(NC2CC(CO)C(O)C2O)n1. The topological polar surface area (TPSA) is 146 Å². The third-order valence-corrected chi connectivity index (χ3v) is 7.58. The van der Waals surface area contributed by atoms with Gasteiger partial charge >= 0.3 is 0 Å². The molecule has 2 aliphatic rings. The Balaban J connectivity index is 1.52. The predicted molar refractivity (Wildman–Crippen MR) is 130 cm³/mol. The first kappa shape index (κ1) is 23.3. The van der Waals surface area contributed by atoms with E-state index in [4.69, 9.17) is 9.72 Å². The smallest absolute Gasteiger partial charge is 0.224 e. The van der Waals surface area contributed by atoms with Crippen molar-refractivity contribution in [3.8, 4) is 10.6 Å². The van der Waals surface area contributed by atoms with Crippen LogP contribution in [0.5, 0.6) is 0 Å². The summed E-state index contributed by atoms with van der Waals surface area (Å²) in [6.07, 6.45) is 2.60. The van der Waals surface area contributed by atoms with E-state index in [1.165, 1.54) is 12.8 Å². The number of thiazole rings is 1. The fraction of sp³-hybridized carbons (Fsp3) is 0.565. The van der Waals surface area contributed by atoms with Gasteiger partial charge in [0, 0.05) is 37.8 Å². The fourth-order valence-corrected chi connectivity index (χ4v) is 5.54. The van der Waals surface area contributed by atoms with Crippen LogP contribution in [0.15, 0.2) is 12.3 Å². The number of fused-ring (bicyclic) bond motifs is 1. The van der Waals surface area contributed by atoms with Crippen LogP contribution in [0.2, 0.25) is 0 Å². The van der Waals surface area contributed by atoms with Crippen molar-refractivity contribution < 1.29 is 20.1 Å². The van der Waals surface area contributed by atoms with Crippen molar-refractivity contribution in [1.82, 2.24) is 19.9 Å². The second-order valence-corrected chi connectivity index (χ2v) is 10.1. The number of nitrogens with one attached hydrogen (secondary N) is 2. The Morgan fingerprint density at radius 2 is 2.00 bits per heavy atom. The van der Waals surface area contributed by atoms with E-state index in [0.29, 0.717) is 37.3 Å². The molecule has 4 atom stereocenters. The first-order valence-electron chi connectivity index (χ1n) is 11.6. The number of rotatable bonds is 9. The lowest BCUT2D eigenvalue weighted by Crippen LogP contribution is -2.35. The zero-order chi connectivity index (χ0) is 23.8. The third-order valence-electron chi connectivity index (χ3n) is 6.54. The summed E-state index contributed by atoms with van der Waals surface area (Å²) in [5.74, 6) is 1.13. The number of aryl methyl sites for hydroxylation is 1. The van der Waals surface area contributed by atoms with Gasteiger partial charge < -0.3 is 30.7 Å². The Kier molecular flexibility index (Phi) is 6.63. The number of aliphatic hydroxyl groups is 3. The number of aliphatic hydroxyl groups excluding tert-OH is 3. The molecule has 4 unspecified atom stereocenters. The lowest BCUT2D eigenvalue weighted by Gasteiger charge is -2.21. The Bertz CT molecular complexity index is 1170. The molecule has 0 saturated heterocycles. The van der Waals surface area contributed by atoms with Crippen LogP contribution in [0.4, 0.5) is 11.8 Å². The first-order chi connectivity index (χ1) is 16.5. The van der Waals surface area contributed by atoms with Gasteiger partial charge in [-0.05, 0) is 32.3 Å². The quantitative estimate of drug-likeness (QED) is 0.284. The number of nitrogens with zero attached hydrogens (tertiary/aromatic N) is 4. The van der Waals surface area contributed by atoms with Crippen molar-refractivity contribution in [3.05, 3.63) is 23.7 Å². The number of pyridine rings is 1. The molecule has 11 heteroatoms. The number of hydrogen-bond acceptors (Lipinski definition) is 11. The summed E-state index contributed by atoms with van der Waals surface area (Å²) in [5.41, 5.74) is 3.43. The minimum Gasteiger partial charge on any atom is -0.396 e. The van der Waals surface area contributed by atoms with Gasteiger partial charge in [0.05, 0.1) is 40.9 Å². The van der Waals surface area contributed by atoms with Gasteiger partial charge in [-0.3, -0.25) is 4.98 Å². The van der Waals surface area contributed by atoms with Crippen LogP contribution in [-0.2, 0) is 4.74 Å². The number of ether oxygens (including phenoxy) is 1. The van der Waals surface area contributed by atoms with E-state index in [1.54, 1.807) is 18.4 Å². The van der Waals surface area contributed by atoms with E-state index in [0.717, 1.165) is 32.2 Å². The van der Waals surface area contributed by atoms with Gasteiger partial charge in [0.1, 0.15) is 22.4 Å². The molecule has 3 aromatic rings. The summed E-state index contributed by atoms with van der Waals surface area (Å²) in [6.45, 7) is 2.76. The lowest BCUT2D eigenvalue weighted by molar-refractivity contribution is 0.00446. The highest BCUT2D eigenvalue weighted by Crippen LogP contribution is 2.42. The molecule has 0 aromatic carbocycles. The van der Waals surface area contributed by atoms with Gasteiger partial charge in [-0.25, -0.2) is 9.97 Å². The molecule has 5 N–H and O–H groups in total. The van der Waals surface area contributed by atoms with Gasteiger partial charge in [0.15, 0.2) is 0 Å². The lowest BCUT2D eigenvalue weighted by atomic mass is 10.1. The second kappa shape index (κ2) is 9.67. The van der Waals surface area contributed by atoms with Crippen LogP contribution in [0, 0.1) is 12.8 Å². The number of methoxy groups -OCH3 is 1. The monoisotopic (exact) mass is 486 g/mol. The number of hydrogen-bond donors (Lipinski definition) is 5. The predicted octanol–water partition coefficient (Wildman–Crippen LogP) is 1.91. The van der Waals surface area contributed by atoms with Crippen LogP contribution in [0.3, 0.4) is 0 Å². The molecule has 2 fully saturated rings. The molecule has 0 amide bonds. The summed E-state index contributed by atoms with van der Waals surface area (Å²) >= 11 is 1.57. The van der Waals surface area contributed by atoms with E-state index in [9.17, 15) is 15.3 Å².